The summed E-state index contributed by atoms with van der Waals surface area (Å²) in [6.07, 6.45) is 1.22. The van der Waals surface area contributed by atoms with Gasteiger partial charge in [-0.1, -0.05) is 70.2 Å². The summed E-state index contributed by atoms with van der Waals surface area (Å²) in [4.78, 5) is 11.6. The van der Waals surface area contributed by atoms with Crippen molar-refractivity contribution in [3.05, 3.63) is 42.0 Å². The molecule has 1 aromatic carbocycles. The summed E-state index contributed by atoms with van der Waals surface area (Å²) in [7, 11) is 0. The lowest BCUT2D eigenvalue weighted by atomic mass is 10.0. The van der Waals surface area contributed by atoms with Crippen molar-refractivity contribution in [1.82, 2.24) is 10.2 Å². The summed E-state index contributed by atoms with van der Waals surface area (Å²) < 4.78 is 49.2. The highest BCUT2D eigenvalue weighted by Gasteiger charge is 2.43. The fraction of sp³-hybridized carbons (Fsp3) is 0.560. The van der Waals surface area contributed by atoms with Gasteiger partial charge in [0, 0.05) is 18.1 Å². The Morgan fingerprint density at radius 2 is 1.61 bits per heavy atom. The second-order valence-corrected chi connectivity index (χ2v) is 8.05. The van der Waals surface area contributed by atoms with Crippen molar-refractivity contribution in [2.45, 2.75) is 83.9 Å². The largest absolute Gasteiger partial charge is 0.472 e. The Morgan fingerprint density at radius 3 is 2.21 bits per heavy atom. The molecule has 1 unspecified atom stereocenters. The smallest absolute Gasteiger partial charge is 0.428 e. The lowest BCUT2D eigenvalue weighted by molar-refractivity contribution is -0.227. The third-order valence-corrected chi connectivity index (χ3v) is 5.21. The third kappa shape index (κ3) is 9.80. The summed E-state index contributed by atoms with van der Waals surface area (Å²) in [6, 6.07) is 11.1. The van der Waals surface area contributed by atoms with Crippen molar-refractivity contribution in [3.63, 3.8) is 0 Å². The number of hydrogen-bond donors (Lipinski definition) is 0. The van der Waals surface area contributed by atoms with Crippen LogP contribution in [0.4, 0.5) is 13.2 Å². The minimum Gasteiger partial charge on any atom is -0.472 e. The van der Waals surface area contributed by atoms with Gasteiger partial charge in [0.05, 0.1) is 5.69 Å². The Kier molecular flexibility index (Phi) is 11.1. The number of esters is 1. The molecule has 0 saturated carbocycles. The predicted octanol–water partition coefficient (Wildman–Crippen LogP) is 6.70. The van der Waals surface area contributed by atoms with E-state index in [2.05, 4.69) is 34.0 Å². The van der Waals surface area contributed by atoms with Crippen LogP contribution in [0.5, 0.6) is 5.88 Å². The van der Waals surface area contributed by atoms with E-state index in [1.165, 1.54) is 37.3 Å². The normalized spacial score (nSPS) is 12.4. The number of unbranched alkanes of at least 4 members (excludes halogenated alkanes) is 5. The molecule has 5 nitrogen and oxygen atoms in total. The molecule has 182 valence electrons. The summed E-state index contributed by atoms with van der Waals surface area (Å²) in [5.41, 5.74) is 2.71. The molecule has 0 N–H and O–H groups in total. The fourth-order valence-electron chi connectivity index (χ4n) is 3.22. The number of hydrogen-bond acceptors (Lipinski definition) is 5. The number of aromatic nitrogens is 2. The average Bonchev–Trinajstić information content (AvgIpc) is 2.80. The van der Waals surface area contributed by atoms with Gasteiger partial charge in [0.25, 0.3) is 0 Å². The molecule has 1 heterocycles. The van der Waals surface area contributed by atoms with Crippen LogP contribution in [-0.2, 0) is 16.0 Å². The first-order valence-corrected chi connectivity index (χ1v) is 11.7. The van der Waals surface area contributed by atoms with Crippen LogP contribution in [0.25, 0.3) is 11.3 Å². The van der Waals surface area contributed by atoms with Crippen LogP contribution in [-0.4, -0.2) is 35.1 Å². The van der Waals surface area contributed by atoms with E-state index in [-0.39, 0.29) is 12.3 Å². The van der Waals surface area contributed by atoms with Gasteiger partial charge in [0.15, 0.2) is 0 Å². The Labute approximate surface area is 193 Å². The molecule has 2 aromatic rings. The predicted molar refractivity (Wildman–Crippen MR) is 121 cm³/mol. The molecule has 0 spiro atoms. The third-order valence-electron chi connectivity index (χ3n) is 5.21. The molecular weight excluding hydrogens is 433 g/mol. The molecule has 1 atom stereocenters. The van der Waals surface area contributed by atoms with E-state index in [0.717, 1.165) is 18.4 Å². The molecule has 8 heteroatoms. The van der Waals surface area contributed by atoms with E-state index in [4.69, 9.17) is 4.74 Å². The molecule has 0 bridgehead atoms. The quantitative estimate of drug-likeness (QED) is 0.229. The highest BCUT2D eigenvalue weighted by molar-refractivity contribution is 5.69. The van der Waals surface area contributed by atoms with Crippen molar-refractivity contribution < 1.29 is 27.4 Å². The zero-order valence-electron chi connectivity index (χ0n) is 19.4. The maximum atomic E-state index is 13.2. The van der Waals surface area contributed by atoms with Gasteiger partial charge < -0.3 is 9.47 Å². The number of rotatable bonds is 14. The first kappa shape index (κ1) is 26.6. The zero-order chi connectivity index (χ0) is 24.1. The molecule has 0 aliphatic carbocycles. The van der Waals surface area contributed by atoms with E-state index < -0.39 is 24.9 Å². The van der Waals surface area contributed by atoms with Crippen LogP contribution in [0.3, 0.4) is 0 Å². The van der Waals surface area contributed by atoms with Crippen LogP contribution in [0, 0.1) is 0 Å². The van der Waals surface area contributed by atoms with Gasteiger partial charge in [0.2, 0.25) is 12.0 Å². The molecule has 1 aromatic heterocycles. The van der Waals surface area contributed by atoms with Gasteiger partial charge >= 0.3 is 12.1 Å². The monoisotopic (exact) mass is 466 g/mol. The molecule has 0 fully saturated rings. The first-order valence-electron chi connectivity index (χ1n) is 11.7. The molecule has 0 radical (unpaired) electrons. The van der Waals surface area contributed by atoms with Gasteiger partial charge in [-0.15, -0.1) is 10.2 Å². The number of carbonyl (C=O) groups excluding carboxylic acids is 1. The molecule has 2 rings (SSSR count). The van der Waals surface area contributed by atoms with E-state index in [0.29, 0.717) is 18.5 Å². The van der Waals surface area contributed by atoms with Gasteiger partial charge in [0.1, 0.15) is 6.61 Å². The van der Waals surface area contributed by atoms with Crippen molar-refractivity contribution >= 4 is 5.97 Å². The SMILES string of the molecule is CCCCCCCc1ccc(-c2ccc(OCC(OC(=O)CCCC)C(F)(F)F)nn2)cc1. The van der Waals surface area contributed by atoms with Crippen molar-refractivity contribution in [3.8, 4) is 17.1 Å². The van der Waals surface area contributed by atoms with E-state index in [1.807, 2.05) is 19.1 Å². The van der Waals surface area contributed by atoms with Gasteiger partial charge in [-0.25, -0.2) is 0 Å². The number of carbonyl (C=O) groups is 1. The molecule has 0 aliphatic rings. The average molecular weight is 467 g/mol. The van der Waals surface area contributed by atoms with Gasteiger partial charge in [-0.05, 0) is 30.9 Å². The highest BCUT2D eigenvalue weighted by Crippen LogP contribution is 2.25. The number of benzene rings is 1. The summed E-state index contributed by atoms with van der Waals surface area (Å²) in [5.74, 6) is -0.963. The number of ether oxygens (including phenoxy) is 2. The molecule has 33 heavy (non-hydrogen) atoms. The number of aryl methyl sites for hydroxylation is 1. The Morgan fingerprint density at radius 1 is 0.909 bits per heavy atom. The molecule has 0 amide bonds. The second kappa shape index (κ2) is 13.8. The summed E-state index contributed by atoms with van der Waals surface area (Å²) >= 11 is 0. The minimum atomic E-state index is -4.73. The Hall–Kier alpha value is -2.64. The summed E-state index contributed by atoms with van der Waals surface area (Å²) in [5, 5.41) is 7.91. The second-order valence-electron chi connectivity index (χ2n) is 8.05. The van der Waals surface area contributed by atoms with Crippen LogP contribution >= 0.6 is 0 Å². The Balaban J connectivity index is 1.88. The van der Waals surface area contributed by atoms with Crippen LogP contribution < -0.4 is 4.74 Å². The maximum absolute atomic E-state index is 13.2. The number of nitrogens with zero attached hydrogens (tertiary/aromatic N) is 2. The van der Waals surface area contributed by atoms with E-state index in [9.17, 15) is 18.0 Å². The lowest BCUT2D eigenvalue weighted by Gasteiger charge is -2.20. The zero-order valence-corrected chi connectivity index (χ0v) is 19.4. The number of alkyl halides is 3. The lowest BCUT2D eigenvalue weighted by Crippen LogP contribution is -2.38. The van der Waals surface area contributed by atoms with Crippen LogP contribution in [0.15, 0.2) is 36.4 Å². The first-order chi connectivity index (χ1) is 15.8. The molecule has 0 saturated heterocycles. The van der Waals surface area contributed by atoms with Gasteiger partial charge in [-0.3, -0.25) is 4.79 Å². The number of halogens is 3. The topological polar surface area (TPSA) is 61.3 Å². The van der Waals surface area contributed by atoms with Crippen molar-refractivity contribution in [2.75, 3.05) is 6.61 Å². The van der Waals surface area contributed by atoms with Crippen LogP contribution in [0.1, 0.15) is 70.8 Å². The maximum Gasteiger partial charge on any atom is 0.428 e. The van der Waals surface area contributed by atoms with Gasteiger partial charge in [-0.2, -0.15) is 13.2 Å². The Bertz CT molecular complexity index is 824. The van der Waals surface area contributed by atoms with Crippen molar-refractivity contribution in [2.24, 2.45) is 0 Å². The fourth-order valence-corrected chi connectivity index (χ4v) is 3.22. The van der Waals surface area contributed by atoms with E-state index >= 15 is 0 Å². The van der Waals surface area contributed by atoms with Crippen LogP contribution in [0.2, 0.25) is 0 Å². The standard InChI is InChI=1S/C25H33F3N2O3/c1-3-5-7-8-9-10-19-12-14-20(15-13-19)21-16-17-23(30-29-21)32-18-22(25(26,27)28)33-24(31)11-6-4-2/h12-17,22H,3-11,18H2,1-2H3. The van der Waals surface area contributed by atoms with E-state index in [1.54, 1.807) is 6.07 Å². The summed E-state index contributed by atoms with van der Waals surface area (Å²) in [6.45, 7) is 3.16. The van der Waals surface area contributed by atoms with Crippen molar-refractivity contribution in [1.29, 1.82) is 0 Å². The minimum absolute atomic E-state index is 0.0603. The molecular formula is C25H33F3N2O3. The molecule has 0 aliphatic heterocycles. The highest BCUT2D eigenvalue weighted by atomic mass is 19.4.